The van der Waals surface area contributed by atoms with Gasteiger partial charge in [-0.3, -0.25) is 4.79 Å². The van der Waals surface area contributed by atoms with Crippen LogP contribution in [0.5, 0.6) is 0 Å². The Labute approximate surface area is 88.8 Å². The summed E-state index contributed by atoms with van der Waals surface area (Å²) in [5.74, 6) is -0.0751. The molecule has 4 nitrogen and oxygen atoms in total. The van der Waals surface area contributed by atoms with Crippen molar-refractivity contribution in [2.75, 3.05) is 11.9 Å². The van der Waals surface area contributed by atoms with E-state index in [-0.39, 0.29) is 5.91 Å². The second kappa shape index (κ2) is 4.04. The minimum Gasteiger partial charge on any atom is -0.330 e. The summed E-state index contributed by atoms with van der Waals surface area (Å²) < 4.78 is 1.13. The van der Waals surface area contributed by atoms with E-state index < -0.39 is 0 Å². The zero-order valence-corrected chi connectivity index (χ0v) is 8.95. The van der Waals surface area contributed by atoms with Gasteiger partial charge in [0, 0.05) is 13.0 Å². The number of rotatable bonds is 3. The Morgan fingerprint density at radius 1 is 1.64 bits per heavy atom. The van der Waals surface area contributed by atoms with Crippen molar-refractivity contribution in [3.05, 3.63) is 11.4 Å². The normalized spacial score (nSPS) is 10.6. The fraction of sp³-hybridized carbons (Fsp3) is 0.250. The van der Waals surface area contributed by atoms with E-state index in [1.165, 1.54) is 11.3 Å². The first-order chi connectivity index (χ1) is 6.79. The standard InChI is InChI=1S/C8H9N3OS2/c9-3-1-6(12)11-8-10-5-2-4-13-7(5)14-8/h2,4H,1,3,9H2,(H,10,11,12). The average Bonchev–Trinajstić information content (AvgIpc) is 2.63. The first kappa shape index (κ1) is 9.57. The second-order valence-corrected chi connectivity index (χ2v) is 4.87. The molecule has 0 aliphatic carbocycles. The highest BCUT2D eigenvalue weighted by atomic mass is 32.2. The third-order valence-electron chi connectivity index (χ3n) is 1.64. The second-order valence-electron chi connectivity index (χ2n) is 2.70. The van der Waals surface area contributed by atoms with E-state index in [1.54, 1.807) is 11.3 Å². The van der Waals surface area contributed by atoms with Crippen LogP contribution >= 0.6 is 22.7 Å². The van der Waals surface area contributed by atoms with Crippen molar-refractivity contribution in [3.63, 3.8) is 0 Å². The van der Waals surface area contributed by atoms with Gasteiger partial charge in [0.1, 0.15) is 4.01 Å². The molecule has 1 amide bonds. The van der Waals surface area contributed by atoms with E-state index in [9.17, 15) is 4.79 Å². The Hall–Kier alpha value is -0.980. The highest BCUT2D eigenvalue weighted by Crippen LogP contribution is 2.30. The Morgan fingerprint density at radius 3 is 3.21 bits per heavy atom. The van der Waals surface area contributed by atoms with Crippen molar-refractivity contribution in [1.82, 2.24) is 4.98 Å². The zero-order valence-electron chi connectivity index (χ0n) is 7.32. The van der Waals surface area contributed by atoms with Gasteiger partial charge in [0.2, 0.25) is 5.91 Å². The lowest BCUT2D eigenvalue weighted by atomic mass is 10.4. The summed E-state index contributed by atoms with van der Waals surface area (Å²) in [6, 6.07) is 1.94. The van der Waals surface area contributed by atoms with Crippen molar-refractivity contribution in [2.24, 2.45) is 5.73 Å². The number of carbonyl (C=O) groups is 1. The number of nitrogens with one attached hydrogen (secondary N) is 1. The number of fused-ring (bicyclic) bond motifs is 1. The summed E-state index contributed by atoms with van der Waals surface area (Å²) in [6.45, 7) is 0.367. The molecule has 3 N–H and O–H groups in total. The molecule has 0 unspecified atom stereocenters. The first-order valence-electron chi connectivity index (χ1n) is 4.13. The first-order valence-corrected chi connectivity index (χ1v) is 5.83. The number of hydrogen-bond acceptors (Lipinski definition) is 5. The van der Waals surface area contributed by atoms with Crippen LogP contribution in [0.3, 0.4) is 0 Å². The van der Waals surface area contributed by atoms with Gasteiger partial charge in [0.15, 0.2) is 5.13 Å². The largest absolute Gasteiger partial charge is 0.330 e. The molecule has 0 fully saturated rings. The summed E-state index contributed by atoms with van der Waals surface area (Å²) in [7, 11) is 0. The number of thiazole rings is 1. The van der Waals surface area contributed by atoms with Gasteiger partial charge >= 0.3 is 0 Å². The lowest BCUT2D eigenvalue weighted by Crippen LogP contribution is -2.15. The van der Waals surface area contributed by atoms with Gasteiger partial charge in [-0.1, -0.05) is 11.3 Å². The fourth-order valence-electron chi connectivity index (χ4n) is 1.03. The Morgan fingerprint density at radius 2 is 2.50 bits per heavy atom. The van der Waals surface area contributed by atoms with E-state index in [0.29, 0.717) is 18.1 Å². The molecule has 0 aliphatic rings. The highest BCUT2D eigenvalue weighted by molar-refractivity contribution is 7.39. The van der Waals surface area contributed by atoms with Gasteiger partial charge in [-0.05, 0) is 11.4 Å². The third kappa shape index (κ3) is 1.92. The number of nitrogens with zero attached hydrogens (tertiary/aromatic N) is 1. The highest BCUT2D eigenvalue weighted by Gasteiger charge is 2.07. The van der Waals surface area contributed by atoms with E-state index in [4.69, 9.17) is 5.73 Å². The Kier molecular flexibility index (Phi) is 2.76. The fourth-order valence-corrected chi connectivity index (χ4v) is 2.89. The van der Waals surface area contributed by atoms with E-state index in [2.05, 4.69) is 10.3 Å². The molecule has 2 aromatic heterocycles. The molecule has 2 rings (SSSR count). The summed E-state index contributed by atoms with van der Waals surface area (Å²) in [6.07, 6.45) is 0.341. The Balaban J connectivity index is 2.11. The smallest absolute Gasteiger partial charge is 0.227 e. The van der Waals surface area contributed by atoms with E-state index in [0.717, 1.165) is 9.53 Å². The molecule has 2 heterocycles. The molecule has 0 atom stereocenters. The minimum absolute atomic E-state index is 0.0751. The number of anilines is 1. The molecule has 0 saturated heterocycles. The summed E-state index contributed by atoms with van der Waals surface area (Å²) in [4.78, 5) is 15.4. The van der Waals surface area contributed by atoms with Crippen LogP contribution in [0.4, 0.5) is 5.13 Å². The van der Waals surface area contributed by atoms with Crippen molar-refractivity contribution in [3.8, 4) is 0 Å². The zero-order chi connectivity index (χ0) is 9.97. The average molecular weight is 227 g/mol. The maximum atomic E-state index is 11.2. The number of nitrogens with two attached hydrogens (primary N) is 1. The molecule has 74 valence electrons. The number of hydrogen-bond donors (Lipinski definition) is 2. The van der Waals surface area contributed by atoms with E-state index in [1.807, 2.05) is 11.4 Å². The predicted molar refractivity (Wildman–Crippen MR) is 59.8 cm³/mol. The molecule has 0 saturated carbocycles. The van der Waals surface area contributed by atoms with Crippen LogP contribution in [0.25, 0.3) is 9.53 Å². The minimum atomic E-state index is -0.0751. The topological polar surface area (TPSA) is 68.0 Å². The molecule has 0 spiro atoms. The Bertz CT molecular complexity index is 420. The number of thiophene rings is 1. The van der Waals surface area contributed by atoms with Crippen molar-refractivity contribution in [2.45, 2.75) is 6.42 Å². The molecular formula is C8H9N3OS2. The monoisotopic (exact) mass is 227 g/mol. The van der Waals surface area contributed by atoms with Gasteiger partial charge in [-0.2, -0.15) is 0 Å². The van der Waals surface area contributed by atoms with Crippen LogP contribution in [0.1, 0.15) is 6.42 Å². The van der Waals surface area contributed by atoms with Gasteiger partial charge < -0.3 is 11.1 Å². The summed E-state index contributed by atoms with van der Waals surface area (Å²) in [5, 5.41) is 5.36. The molecule has 0 aromatic carbocycles. The summed E-state index contributed by atoms with van der Waals surface area (Å²) in [5.41, 5.74) is 6.21. The molecule has 2 aromatic rings. The molecule has 0 aliphatic heterocycles. The van der Waals surface area contributed by atoms with Gasteiger partial charge in [0.25, 0.3) is 0 Å². The molecule has 0 bridgehead atoms. The number of amides is 1. The number of aromatic nitrogens is 1. The molecule has 6 heteroatoms. The third-order valence-corrected chi connectivity index (χ3v) is 3.65. The maximum Gasteiger partial charge on any atom is 0.227 e. The van der Waals surface area contributed by atoms with Crippen molar-refractivity contribution >= 4 is 43.2 Å². The van der Waals surface area contributed by atoms with Crippen LogP contribution < -0.4 is 11.1 Å². The van der Waals surface area contributed by atoms with Gasteiger partial charge in [-0.15, -0.1) is 11.3 Å². The van der Waals surface area contributed by atoms with Gasteiger partial charge in [-0.25, -0.2) is 4.98 Å². The van der Waals surface area contributed by atoms with Crippen LogP contribution in [0.2, 0.25) is 0 Å². The van der Waals surface area contributed by atoms with Crippen LogP contribution in [-0.2, 0) is 4.79 Å². The van der Waals surface area contributed by atoms with E-state index >= 15 is 0 Å². The molecule has 0 radical (unpaired) electrons. The lowest BCUT2D eigenvalue weighted by molar-refractivity contribution is -0.116. The predicted octanol–water partition coefficient (Wildman–Crippen LogP) is 1.65. The number of carbonyl (C=O) groups excluding carboxylic acids is 1. The maximum absolute atomic E-state index is 11.2. The SMILES string of the molecule is NCCC(=O)Nc1nc2ccsc2s1. The van der Waals surface area contributed by atoms with Crippen molar-refractivity contribution in [1.29, 1.82) is 0 Å². The quantitative estimate of drug-likeness (QED) is 0.837. The molecule has 14 heavy (non-hydrogen) atoms. The van der Waals surface area contributed by atoms with Crippen molar-refractivity contribution < 1.29 is 4.79 Å². The van der Waals surface area contributed by atoms with Crippen LogP contribution in [0, 0.1) is 0 Å². The van der Waals surface area contributed by atoms with Crippen LogP contribution in [0.15, 0.2) is 11.4 Å². The lowest BCUT2D eigenvalue weighted by Gasteiger charge is -1.97. The molecular weight excluding hydrogens is 218 g/mol. The van der Waals surface area contributed by atoms with Gasteiger partial charge in [0.05, 0.1) is 5.52 Å². The van der Waals surface area contributed by atoms with Crippen LogP contribution in [-0.4, -0.2) is 17.4 Å². The summed E-state index contributed by atoms with van der Waals surface area (Å²) >= 11 is 3.12.